The second-order valence-corrected chi connectivity index (χ2v) is 12.1. The van der Waals surface area contributed by atoms with E-state index in [0.717, 1.165) is 21.9 Å². The fourth-order valence-electron chi connectivity index (χ4n) is 4.06. The van der Waals surface area contributed by atoms with Gasteiger partial charge in [0.2, 0.25) is 0 Å². The van der Waals surface area contributed by atoms with Gasteiger partial charge in [-0.05, 0) is 38.0 Å². The van der Waals surface area contributed by atoms with E-state index in [1.165, 1.54) is 30.7 Å². The minimum atomic E-state index is -2.87. The molecule has 1 saturated heterocycles. The van der Waals surface area contributed by atoms with Crippen LogP contribution >= 0.6 is 11.3 Å². The van der Waals surface area contributed by atoms with Gasteiger partial charge in [0.25, 0.3) is 0 Å². The van der Waals surface area contributed by atoms with Crippen LogP contribution < -0.4 is 0 Å². The van der Waals surface area contributed by atoms with Crippen molar-refractivity contribution in [3.05, 3.63) is 16.5 Å². The van der Waals surface area contributed by atoms with Crippen LogP contribution in [0.3, 0.4) is 0 Å². The summed E-state index contributed by atoms with van der Waals surface area (Å²) in [5, 5.41) is 1.20. The summed E-state index contributed by atoms with van der Waals surface area (Å²) < 4.78 is 23.4. The summed E-state index contributed by atoms with van der Waals surface area (Å²) in [6.07, 6.45) is 4.87. The average Bonchev–Trinajstić information content (AvgIpc) is 3.00. The van der Waals surface area contributed by atoms with Crippen LogP contribution in [0.1, 0.15) is 62.0 Å². The van der Waals surface area contributed by atoms with Gasteiger partial charge in [-0.2, -0.15) is 0 Å². The maximum atomic E-state index is 11.7. The molecule has 2 aromatic rings. The summed E-state index contributed by atoms with van der Waals surface area (Å²) in [4.78, 5) is 17.4. The van der Waals surface area contributed by atoms with E-state index in [1.54, 1.807) is 11.3 Å². The van der Waals surface area contributed by atoms with Crippen molar-refractivity contribution in [2.45, 2.75) is 58.9 Å². The smallest absolute Gasteiger partial charge is 0.152 e. The Kier molecular flexibility index (Phi) is 5.01. The first-order valence-electron chi connectivity index (χ1n) is 9.78. The molecular weight excluding hydrogens is 380 g/mol. The minimum Gasteiger partial charge on any atom is -0.295 e. The number of nitrogens with zero attached hydrogens (tertiary/aromatic N) is 4. The third kappa shape index (κ3) is 4.32. The number of aryl methyl sites for hydroxylation is 1. The zero-order valence-corrected chi connectivity index (χ0v) is 18.0. The van der Waals surface area contributed by atoms with Gasteiger partial charge in [-0.1, -0.05) is 25.2 Å². The maximum Gasteiger partial charge on any atom is 0.152 e. The Balaban J connectivity index is 1.57. The Labute approximate surface area is 165 Å². The van der Waals surface area contributed by atoms with Crippen molar-refractivity contribution in [3.63, 3.8) is 0 Å². The van der Waals surface area contributed by atoms with Crippen LogP contribution in [-0.2, 0) is 16.4 Å². The van der Waals surface area contributed by atoms with Gasteiger partial charge in [0.1, 0.15) is 16.2 Å². The molecule has 2 aromatic heterocycles. The molecule has 4 rings (SSSR count). The Morgan fingerprint density at radius 3 is 2.44 bits per heavy atom. The molecule has 3 heterocycles. The third-order valence-corrected chi connectivity index (χ3v) is 8.68. The largest absolute Gasteiger partial charge is 0.295 e. The normalized spacial score (nSPS) is 23.7. The van der Waals surface area contributed by atoms with E-state index in [9.17, 15) is 8.42 Å². The van der Waals surface area contributed by atoms with Crippen molar-refractivity contribution in [1.29, 1.82) is 0 Å². The average molecular weight is 409 g/mol. The van der Waals surface area contributed by atoms with E-state index in [0.29, 0.717) is 31.0 Å². The highest BCUT2D eigenvalue weighted by atomic mass is 32.2. The standard InChI is InChI=1S/C19H28N4O2S2/c1-13-20-15(12-23-8-10-27(24,25)11-9-23)16-18(21-13)26-17(22-16)14-4-6-19(2,3)7-5-14/h14H,4-12H2,1-3H3. The third-order valence-electron chi connectivity index (χ3n) is 5.96. The van der Waals surface area contributed by atoms with Gasteiger partial charge in [0.05, 0.1) is 22.2 Å². The molecule has 0 radical (unpaired) electrons. The molecule has 0 aromatic carbocycles. The van der Waals surface area contributed by atoms with Crippen LogP contribution in [0.5, 0.6) is 0 Å². The molecule has 0 spiro atoms. The van der Waals surface area contributed by atoms with Gasteiger partial charge in [-0.3, -0.25) is 4.90 Å². The molecule has 1 saturated carbocycles. The molecule has 2 aliphatic rings. The number of fused-ring (bicyclic) bond motifs is 1. The van der Waals surface area contributed by atoms with Crippen LogP contribution in [0.25, 0.3) is 10.3 Å². The SMILES string of the molecule is Cc1nc(CN2CCS(=O)(=O)CC2)c2nc(C3CCC(C)(C)CC3)sc2n1. The van der Waals surface area contributed by atoms with Gasteiger partial charge in [0.15, 0.2) is 9.84 Å². The predicted octanol–water partition coefficient (Wildman–Crippen LogP) is 3.31. The van der Waals surface area contributed by atoms with Crippen LogP contribution in [0.2, 0.25) is 0 Å². The van der Waals surface area contributed by atoms with Gasteiger partial charge in [-0.25, -0.2) is 23.4 Å². The van der Waals surface area contributed by atoms with Crippen LogP contribution in [0, 0.1) is 12.3 Å². The van der Waals surface area contributed by atoms with E-state index in [-0.39, 0.29) is 11.5 Å². The highest BCUT2D eigenvalue weighted by Crippen LogP contribution is 2.44. The highest BCUT2D eigenvalue weighted by molar-refractivity contribution is 7.91. The number of rotatable bonds is 3. The maximum absolute atomic E-state index is 11.7. The Hall–Kier alpha value is -1.12. The summed E-state index contributed by atoms with van der Waals surface area (Å²) in [7, 11) is -2.87. The number of hydrogen-bond donors (Lipinski definition) is 0. The minimum absolute atomic E-state index is 0.236. The molecule has 2 fully saturated rings. The molecule has 148 valence electrons. The predicted molar refractivity (Wildman–Crippen MR) is 109 cm³/mol. The van der Waals surface area contributed by atoms with Gasteiger partial charge < -0.3 is 0 Å². The molecule has 27 heavy (non-hydrogen) atoms. The van der Waals surface area contributed by atoms with Crippen molar-refractivity contribution >= 4 is 31.5 Å². The molecule has 0 atom stereocenters. The monoisotopic (exact) mass is 408 g/mol. The zero-order chi connectivity index (χ0) is 19.2. The van der Waals surface area contributed by atoms with Crippen molar-refractivity contribution in [3.8, 4) is 0 Å². The first kappa shape index (κ1) is 19.2. The number of sulfone groups is 1. The quantitative estimate of drug-likeness (QED) is 0.775. The Morgan fingerprint density at radius 2 is 1.78 bits per heavy atom. The summed E-state index contributed by atoms with van der Waals surface area (Å²) >= 11 is 1.72. The van der Waals surface area contributed by atoms with E-state index in [1.807, 2.05) is 6.92 Å². The lowest BCUT2D eigenvalue weighted by atomic mass is 9.73. The molecule has 0 unspecified atom stereocenters. The molecule has 8 heteroatoms. The molecule has 0 amide bonds. The fourth-order valence-corrected chi connectivity index (χ4v) is 6.52. The van der Waals surface area contributed by atoms with Gasteiger partial charge >= 0.3 is 0 Å². The molecule has 0 N–H and O–H groups in total. The summed E-state index contributed by atoms with van der Waals surface area (Å²) in [5.74, 6) is 1.77. The van der Waals surface area contributed by atoms with Crippen molar-refractivity contribution in [1.82, 2.24) is 19.9 Å². The van der Waals surface area contributed by atoms with Gasteiger partial charge in [-0.15, -0.1) is 0 Å². The lowest BCUT2D eigenvalue weighted by Gasteiger charge is -2.33. The fraction of sp³-hybridized carbons (Fsp3) is 0.737. The molecule has 1 aliphatic heterocycles. The second kappa shape index (κ2) is 7.04. The summed E-state index contributed by atoms with van der Waals surface area (Å²) in [6.45, 7) is 8.42. The molecular formula is C19H28N4O2S2. The first-order chi connectivity index (χ1) is 12.7. The van der Waals surface area contributed by atoms with Crippen LogP contribution in [0.4, 0.5) is 0 Å². The van der Waals surface area contributed by atoms with E-state index >= 15 is 0 Å². The highest BCUT2D eigenvalue weighted by Gasteiger charge is 2.30. The topological polar surface area (TPSA) is 76.1 Å². The Morgan fingerprint density at radius 1 is 1.11 bits per heavy atom. The molecule has 6 nitrogen and oxygen atoms in total. The van der Waals surface area contributed by atoms with Crippen molar-refractivity contribution in [2.75, 3.05) is 24.6 Å². The van der Waals surface area contributed by atoms with E-state index in [4.69, 9.17) is 4.98 Å². The van der Waals surface area contributed by atoms with Crippen molar-refractivity contribution < 1.29 is 8.42 Å². The number of aromatic nitrogens is 3. The lowest BCUT2D eigenvalue weighted by Crippen LogP contribution is -2.39. The summed E-state index contributed by atoms with van der Waals surface area (Å²) in [5.41, 5.74) is 2.30. The second-order valence-electron chi connectivity index (χ2n) is 8.79. The van der Waals surface area contributed by atoms with Crippen LogP contribution in [-0.4, -0.2) is 52.9 Å². The zero-order valence-electron chi connectivity index (χ0n) is 16.4. The first-order valence-corrected chi connectivity index (χ1v) is 12.4. The van der Waals surface area contributed by atoms with Crippen LogP contribution in [0.15, 0.2) is 0 Å². The number of hydrogen-bond acceptors (Lipinski definition) is 7. The van der Waals surface area contributed by atoms with Crippen molar-refractivity contribution in [2.24, 2.45) is 5.41 Å². The van der Waals surface area contributed by atoms with Gasteiger partial charge in [0, 0.05) is 25.6 Å². The lowest BCUT2D eigenvalue weighted by molar-refractivity contribution is 0.224. The molecule has 1 aliphatic carbocycles. The number of thiazole rings is 1. The molecule has 0 bridgehead atoms. The van der Waals surface area contributed by atoms with E-state index < -0.39 is 9.84 Å². The summed E-state index contributed by atoms with van der Waals surface area (Å²) in [6, 6.07) is 0. The Bertz CT molecular complexity index is 928. The van der Waals surface area contributed by atoms with E-state index in [2.05, 4.69) is 28.7 Å².